The number of hydrogen-bond donors (Lipinski definition) is 2. The van der Waals surface area contributed by atoms with Crippen molar-refractivity contribution in [3.05, 3.63) is 35.9 Å². The minimum absolute atomic E-state index is 0.306. The summed E-state index contributed by atoms with van der Waals surface area (Å²) in [6, 6.07) is 9.35. The Morgan fingerprint density at radius 1 is 1.38 bits per heavy atom. The van der Waals surface area contributed by atoms with Crippen LogP contribution in [0.4, 0.5) is 4.79 Å². The fraction of sp³-hybridized carbons (Fsp3) is 0.417. The van der Waals surface area contributed by atoms with Crippen LogP contribution < -0.4 is 0 Å². The van der Waals surface area contributed by atoms with Crippen LogP contribution in [0.2, 0.25) is 0 Å². The maximum atomic E-state index is 11.0. The van der Waals surface area contributed by atoms with Gasteiger partial charge in [0.05, 0.1) is 12.1 Å². The van der Waals surface area contributed by atoms with Gasteiger partial charge in [-0.1, -0.05) is 30.3 Å². The minimum Gasteiger partial charge on any atom is -0.465 e. The van der Waals surface area contributed by atoms with Gasteiger partial charge in [-0.2, -0.15) is 0 Å². The van der Waals surface area contributed by atoms with Crippen molar-refractivity contribution in [3.8, 4) is 0 Å². The first-order chi connectivity index (χ1) is 7.68. The summed E-state index contributed by atoms with van der Waals surface area (Å²) in [5.41, 5.74) is 1.06. The van der Waals surface area contributed by atoms with Crippen molar-refractivity contribution in [2.45, 2.75) is 25.0 Å². The Labute approximate surface area is 94.1 Å². The number of benzene rings is 1. The lowest BCUT2D eigenvalue weighted by atomic mass is 10.0. The molecule has 4 heteroatoms. The van der Waals surface area contributed by atoms with Crippen LogP contribution in [0, 0.1) is 0 Å². The van der Waals surface area contributed by atoms with E-state index in [9.17, 15) is 9.90 Å². The molecule has 1 aromatic rings. The van der Waals surface area contributed by atoms with Gasteiger partial charge in [0.2, 0.25) is 0 Å². The molecule has 1 aliphatic heterocycles. The average Bonchev–Trinajstić information content (AvgIpc) is 2.62. The molecule has 0 aromatic heterocycles. The molecule has 1 amide bonds. The Balaban J connectivity index is 2.10. The van der Waals surface area contributed by atoms with Crippen LogP contribution in [0.3, 0.4) is 0 Å². The highest BCUT2D eigenvalue weighted by Gasteiger charge is 2.35. The van der Waals surface area contributed by atoms with Crippen LogP contribution in [0.15, 0.2) is 30.3 Å². The van der Waals surface area contributed by atoms with E-state index in [2.05, 4.69) is 0 Å². The number of likely N-dealkylation sites (tertiary alicyclic amines) is 1. The van der Waals surface area contributed by atoms with Crippen molar-refractivity contribution in [2.75, 3.05) is 6.54 Å². The maximum absolute atomic E-state index is 11.0. The van der Waals surface area contributed by atoms with Crippen LogP contribution in [-0.4, -0.2) is 39.9 Å². The summed E-state index contributed by atoms with van der Waals surface area (Å²) in [4.78, 5) is 12.3. The molecule has 2 atom stereocenters. The zero-order valence-electron chi connectivity index (χ0n) is 8.91. The van der Waals surface area contributed by atoms with E-state index in [-0.39, 0.29) is 6.04 Å². The Morgan fingerprint density at radius 2 is 2.06 bits per heavy atom. The van der Waals surface area contributed by atoms with Gasteiger partial charge in [0.25, 0.3) is 0 Å². The van der Waals surface area contributed by atoms with Crippen LogP contribution in [0.25, 0.3) is 0 Å². The van der Waals surface area contributed by atoms with E-state index in [4.69, 9.17) is 5.11 Å². The number of amides is 1. The lowest BCUT2D eigenvalue weighted by Gasteiger charge is -2.23. The van der Waals surface area contributed by atoms with Crippen molar-refractivity contribution in [1.82, 2.24) is 4.90 Å². The van der Waals surface area contributed by atoms with E-state index in [0.717, 1.165) is 5.56 Å². The highest BCUT2D eigenvalue weighted by Crippen LogP contribution is 2.21. The number of carboxylic acid groups (broad SMARTS) is 1. The van der Waals surface area contributed by atoms with Crippen molar-refractivity contribution >= 4 is 6.09 Å². The van der Waals surface area contributed by atoms with Gasteiger partial charge in [-0.25, -0.2) is 4.79 Å². The molecule has 0 aliphatic carbocycles. The third kappa shape index (κ3) is 2.17. The minimum atomic E-state index is -0.947. The smallest absolute Gasteiger partial charge is 0.407 e. The fourth-order valence-corrected chi connectivity index (χ4v) is 2.18. The molecule has 4 nitrogen and oxygen atoms in total. The van der Waals surface area contributed by atoms with Gasteiger partial charge in [0.1, 0.15) is 0 Å². The van der Waals surface area contributed by atoms with E-state index in [1.807, 2.05) is 30.3 Å². The molecule has 16 heavy (non-hydrogen) atoms. The summed E-state index contributed by atoms with van der Waals surface area (Å²) in [7, 11) is 0. The molecule has 1 heterocycles. The molecule has 0 saturated carbocycles. The molecule has 1 aromatic carbocycles. The first-order valence-corrected chi connectivity index (χ1v) is 5.40. The van der Waals surface area contributed by atoms with E-state index >= 15 is 0 Å². The molecular weight excluding hydrogens is 206 g/mol. The van der Waals surface area contributed by atoms with Crippen LogP contribution >= 0.6 is 0 Å². The summed E-state index contributed by atoms with van der Waals surface area (Å²) in [5, 5.41) is 18.8. The quantitative estimate of drug-likeness (QED) is 0.792. The Hall–Kier alpha value is -1.55. The summed E-state index contributed by atoms with van der Waals surface area (Å²) in [6.45, 7) is 0.425. The van der Waals surface area contributed by atoms with Gasteiger partial charge in [-0.15, -0.1) is 0 Å². The van der Waals surface area contributed by atoms with Crippen molar-refractivity contribution < 1.29 is 15.0 Å². The van der Waals surface area contributed by atoms with Gasteiger partial charge < -0.3 is 15.1 Å². The molecule has 2 N–H and O–H groups in total. The molecule has 86 valence electrons. The summed E-state index contributed by atoms with van der Waals surface area (Å²) >= 11 is 0. The van der Waals surface area contributed by atoms with E-state index < -0.39 is 12.2 Å². The Kier molecular flexibility index (Phi) is 3.10. The fourth-order valence-electron chi connectivity index (χ4n) is 2.18. The van der Waals surface area contributed by atoms with E-state index in [1.165, 1.54) is 4.90 Å². The number of aliphatic hydroxyl groups is 1. The normalized spacial score (nSPS) is 24.7. The van der Waals surface area contributed by atoms with Crippen LogP contribution in [0.1, 0.15) is 12.0 Å². The van der Waals surface area contributed by atoms with E-state index in [1.54, 1.807) is 0 Å². The summed E-state index contributed by atoms with van der Waals surface area (Å²) < 4.78 is 0. The zero-order chi connectivity index (χ0) is 11.5. The lowest BCUT2D eigenvalue weighted by molar-refractivity contribution is 0.100. The second-order valence-corrected chi connectivity index (χ2v) is 4.09. The van der Waals surface area contributed by atoms with Gasteiger partial charge in [0, 0.05) is 6.54 Å². The largest absolute Gasteiger partial charge is 0.465 e. The molecule has 0 radical (unpaired) electrons. The maximum Gasteiger partial charge on any atom is 0.407 e. The van der Waals surface area contributed by atoms with Crippen molar-refractivity contribution in [1.29, 1.82) is 0 Å². The Morgan fingerprint density at radius 3 is 2.69 bits per heavy atom. The molecule has 2 rings (SSSR count). The molecule has 0 unspecified atom stereocenters. The molecule has 1 aliphatic rings. The first kappa shape index (κ1) is 11.0. The highest BCUT2D eigenvalue weighted by molar-refractivity contribution is 5.66. The predicted molar refractivity (Wildman–Crippen MR) is 59.3 cm³/mol. The SMILES string of the molecule is O=C(O)N1CC[C@H](O)[C@@H]1Cc1ccccc1. The monoisotopic (exact) mass is 221 g/mol. The molecule has 1 saturated heterocycles. The van der Waals surface area contributed by atoms with Gasteiger partial charge in [-0.05, 0) is 18.4 Å². The number of rotatable bonds is 2. The second kappa shape index (κ2) is 4.53. The van der Waals surface area contributed by atoms with Crippen LogP contribution in [0.5, 0.6) is 0 Å². The second-order valence-electron chi connectivity index (χ2n) is 4.09. The lowest BCUT2D eigenvalue weighted by Crippen LogP contribution is -2.40. The van der Waals surface area contributed by atoms with Gasteiger partial charge in [0.15, 0.2) is 0 Å². The molecule has 0 bridgehead atoms. The number of aliphatic hydroxyl groups excluding tert-OH is 1. The number of nitrogens with zero attached hydrogens (tertiary/aromatic N) is 1. The highest BCUT2D eigenvalue weighted by atomic mass is 16.4. The average molecular weight is 221 g/mol. The topological polar surface area (TPSA) is 60.8 Å². The summed E-state index contributed by atoms with van der Waals surface area (Å²) in [6.07, 6.45) is -0.383. The predicted octanol–water partition coefficient (Wildman–Crippen LogP) is 1.34. The molecule has 1 fully saturated rings. The van der Waals surface area contributed by atoms with Gasteiger partial charge >= 0.3 is 6.09 Å². The van der Waals surface area contributed by atoms with Crippen LogP contribution in [-0.2, 0) is 6.42 Å². The Bertz CT molecular complexity index is 366. The first-order valence-electron chi connectivity index (χ1n) is 5.40. The molecule has 0 spiro atoms. The van der Waals surface area contributed by atoms with Crippen molar-refractivity contribution in [3.63, 3.8) is 0 Å². The zero-order valence-corrected chi connectivity index (χ0v) is 8.91. The van der Waals surface area contributed by atoms with Gasteiger partial charge in [-0.3, -0.25) is 0 Å². The third-order valence-corrected chi connectivity index (χ3v) is 3.04. The number of hydrogen-bond acceptors (Lipinski definition) is 2. The van der Waals surface area contributed by atoms with E-state index in [0.29, 0.717) is 19.4 Å². The third-order valence-electron chi connectivity index (χ3n) is 3.04. The standard InChI is InChI=1S/C12H15NO3/c14-11-6-7-13(12(15)16)10(11)8-9-4-2-1-3-5-9/h1-5,10-11,14H,6-8H2,(H,15,16)/t10-,11-/m0/s1. The molecular formula is C12H15NO3. The van der Waals surface area contributed by atoms with Crippen molar-refractivity contribution in [2.24, 2.45) is 0 Å². The number of carbonyl (C=O) groups is 1. The summed E-state index contributed by atoms with van der Waals surface area (Å²) in [5.74, 6) is 0.